The van der Waals surface area contributed by atoms with Crippen LogP contribution in [0.4, 0.5) is 5.69 Å². The maximum Gasteiger partial charge on any atom is 0.172 e. The van der Waals surface area contributed by atoms with Gasteiger partial charge in [-0.3, -0.25) is 0 Å². The molecule has 1 aromatic heterocycles. The van der Waals surface area contributed by atoms with Crippen molar-refractivity contribution in [1.29, 1.82) is 0 Å². The van der Waals surface area contributed by atoms with Crippen molar-refractivity contribution >= 4 is 50.4 Å². The molecular formula is C13H13BrClN3OS. The van der Waals surface area contributed by atoms with Gasteiger partial charge < -0.3 is 15.8 Å². The van der Waals surface area contributed by atoms with Crippen molar-refractivity contribution in [2.24, 2.45) is 10.9 Å². The van der Waals surface area contributed by atoms with Crippen molar-refractivity contribution in [2.75, 3.05) is 11.9 Å². The van der Waals surface area contributed by atoms with E-state index in [1.807, 2.05) is 42.3 Å². The van der Waals surface area contributed by atoms with Gasteiger partial charge in [-0.25, -0.2) is 0 Å². The molecule has 0 unspecified atom stereocenters. The van der Waals surface area contributed by atoms with Crippen LogP contribution in [-0.4, -0.2) is 18.1 Å². The maximum atomic E-state index is 8.89. The van der Waals surface area contributed by atoms with E-state index in [0.717, 1.165) is 19.4 Å². The normalized spacial score (nSPS) is 11.7. The molecule has 0 radical (unpaired) electrons. The van der Waals surface area contributed by atoms with Crippen molar-refractivity contribution in [1.82, 2.24) is 0 Å². The Morgan fingerprint density at radius 3 is 2.80 bits per heavy atom. The largest absolute Gasteiger partial charge is 0.409 e. The smallest absolute Gasteiger partial charge is 0.172 e. The fourth-order valence-electron chi connectivity index (χ4n) is 1.86. The standard InChI is InChI=1S/C13H13BrClN3OS/c1-18(7-9-3-5-12(15)20-9)11-4-2-8(14)6-10(11)13(16)17-19/h2-6,19H,7H2,1H3,(H2,16,17). The third kappa shape index (κ3) is 3.45. The van der Waals surface area contributed by atoms with E-state index >= 15 is 0 Å². The van der Waals surface area contributed by atoms with Crippen molar-refractivity contribution in [3.8, 4) is 0 Å². The second-order valence-corrected chi connectivity index (χ2v) is 6.92. The topological polar surface area (TPSA) is 61.8 Å². The van der Waals surface area contributed by atoms with Crippen LogP contribution < -0.4 is 10.6 Å². The number of oxime groups is 1. The molecule has 0 saturated carbocycles. The molecular weight excluding hydrogens is 362 g/mol. The number of hydrogen-bond donors (Lipinski definition) is 2. The predicted molar refractivity (Wildman–Crippen MR) is 88.1 cm³/mol. The molecule has 0 amide bonds. The summed E-state index contributed by atoms with van der Waals surface area (Å²) in [7, 11) is 1.95. The molecule has 1 aromatic carbocycles. The average molecular weight is 375 g/mol. The Hall–Kier alpha value is -1.24. The van der Waals surface area contributed by atoms with Gasteiger partial charge in [0.1, 0.15) is 0 Å². The summed E-state index contributed by atoms with van der Waals surface area (Å²) in [6.45, 7) is 0.699. The summed E-state index contributed by atoms with van der Waals surface area (Å²) in [5, 5.41) is 12.0. The summed E-state index contributed by atoms with van der Waals surface area (Å²) in [6, 6.07) is 9.53. The Balaban J connectivity index is 2.31. The van der Waals surface area contributed by atoms with Crippen LogP contribution in [0.3, 0.4) is 0 Å². The van der Waals surface area contributed by atoms with Crippen molar-refractivity contribution < 1.29 is 5.21 Å². The highest BCUT2D eigenvalue weighted by Crippen LogP contribution is 2.28. The highest BCUT2D eigenvalue weighted by Gasteiger charge is 2.13. The van der Waals surface area contributed by atoms with Crippen LogP contribution in [0.25, 0.3) is 0 Å². The second kappa shape index (κ2) is 6.47. The number of anilines is 1. The molecule has 3 N–H and O–H groups in total. The van der Waals surface area contributed by atoms with E-state index in [9.17, 15) is 0 Å². The quantitative estimate of drug-likeness (QED) is 0.369. The first-order valence-electron chi connectivity index (χ1n) is 5.74. The number of thiophene rings is 1. The molecule has 2 rings (SSSR count). The van der Waals surface area contributed by atoms with Crippen molar-refractivity contribution in [2.45, 2.75) is 6.54 Å². The number of halogens is 2. The number of benzene rings is 1. The van der Waals surface area contributed by atoms with Crippen LogP contribution in [0, 0.1) is 0 Å². The van der Waals surface area contributed by atoms with Crippen LogP contribution in [0.15, 0.2) is 40.0 Å². The van der Waals surface area contributed by atoms with Crippen LogP contribution >= 0.6 is 38.9 Å². The third-order valence-electron chi connectivity index (χ3n) is 2.78. The van der Waals surface area contributed by atoms with Gasteiger partial charge in [0, 0.05) is 27.6 Å². The van der Waals surface area contributed by atoms with Crippen LogP contribution in [0.2, 0.25) is 4.34 Å². The fraction of sp³-hybridized carbons (Fsp3) is 0.154. The van der Waals surface area contributed by atoms with Crippen LogP contribution in [-0.2, 0) is 6.54 Å². The van der Waals surface area contributed by atoms with Gasteiger partial charge in [0.25, 0.3) is 0 Å². The summed E-state index contributed by atoms with van der Waals surface area (Å²) < 4.78 is 1.64. The van der Waals surface area contributed by atoms with Crippen molar-refractivity contribution in [3.05, 3.63) is 49.6 Å². The monoisotopic (exact) mass is 373 g/mol. The van der Waals surface area contributed by atoms with E-state index in [2.05, 4.69) is 21.1 Å². The van der Waals surface area contributed by atoms with E-state index in [4.69, 9.17) is 22.5 Å². The lowest BCUT2D eigenvalue weighted by Gasteiger charge is -2.21. The molecule has 106 valence electrons. The van der Waals surface area contributed by atoms with Crippen LogP contribution in [0.5, 0.6) is 0 Å². The molecule has 2 aromatic rings. The lowest BCUT2D eigenvalue weighted by atomic mass is 10.1. The Morgan fingerprint density at radius 2 is 2.20 bits per heavy atom. The Bertz CT molecular complexity index is 644. The molecule has 0 aliphatic heterocycles. The average Bonchev–Trinajstić information content (AvgIpc) is 2.82. The first-order valence-corrected chi connectivity index (χ1v) is 7.73. The van der Waals surface area contributed by atoms with E-state index in [1.54, 1.807) is 0 Å². The Morgan fingerprint density at radius 1 is 1.45 bits per heavy atom. The number of nitrogens with zero attached hydrogens (tertiary/aromatic N) is 2. The summed E-state index contributed by atoms with van der Waals surface area (Å²) in [6.07, 6.45) is 0. The molecule has 0 aliphatic rings. The molecule has 0 atom stereocenters. The lowest BCUT2D eigenvalue weighted by molar-refractivity contribution is 0.318. The van der Waals surface area contributed by atoms with Gasteiger partial charge in [-0.2, -0.15) is 0 Å². The third-order valence-corrected chi connectivity index (χ3v) is 4.48. The number of amidine groups is 1. The summed E-state index contributed by atoms with van der Waals surface area (Å²) >= 11 is 10.9. The molecule has 0 bridgehead atoms. The zero-order valence-electron chi connectivity index (χ0n) is 10.7. The first-order chi connectivity index (χ1) is 9.51. The Kier molecular flexibility index (Phi) is 4.91. The number of hydrogen-bond acceptors (Lipinski definition) is 4. The van der Waals surface area contributed by atoms with Gasteiger partial charge in [-0.1, -0.05) is 32.7 Å². The lowest BCUT2D eigenvalue weighted by Crippen LogP contribution is -2.22. The van der Waals surface area contributed by atoms with Gasteiger partial charge in [-0.05, 0) is 30.3 Å². The van der Waals surface area contributed by atoms with E-state index < -0.39 is 0 Å². The second-order valence-electron chi connectivity index (χ2n) is 4.21. The maximum absolute atomic E-state index is 8.89. The van der Waals surface area contributed by atoms with Gasteiger partial charge in [0.2, 0.25) is 0 Å². The molecule has 1 heterocycles. The first kappa shape index (κ1) is 15.2. The molecule has 0 fully saturated rings. The van der Waals surface area contributed by atoms with Crippen molar-refractivity contribution in [3.63, 3.8) is 0 Å². The van der Waals surface area contributed by atoms with Gasteiger partial charge >= 0.3 is 0 Å². The van der Waals surface area contributed by atoms with Gasteiger partial charge in [0.15, 0.2) is 5.84 Å². The van der Waals surface area contributed by atoms with Crippen LogP contribution in [0.1, 0.15) is 10.4 Å². The minimum Gasteiger partial charge on any atom is -0.409 e. The van der Waals surface area contributed by atoms with E-state index in [0.29, 0.717) is 12.1 Å². The SMILES string of the molecule is CN(Cc1ccc(Cl)s1)c1ccc(Br)cc1/C(N)=N/O. The number of rotatable bonds is 4. The predicted octanol–water partition coefficient (Wildman–Crippen LogP) is 3.89. The summed E-state index contributed by atoms with van der Waals surface area (Å²) in [5.74, 6) is 0.0809. The molecule has 0 spiro atoms. The molecule has 0 aliphatic carbocycles. The Labute approximate surface area is 134 Å². The minimum absolute atomic E-state index is 0.0809. The fourth-order valence-corrected chi connectivity index (χ4v) is 3.36. The highest BCUT2D eigenvalue weighted by molar-refractivity contribution is 9.10. The van der Waals surface area contributed by atoms with E-state index in [1.165, 1.54) is 11.3 Å². The molecule has 4 nitrogen and oxygen atoms in total. The van der Waals surface area contributed by atoms with Gasteiger partial charge in [-0.15, -0.1) is 11.3 Å². The molecule has 0 saturated heterocycles. The summed E-state index contributed by atoms with van der Waals surface area (Å²) in [4.78, 5) is 3.17. The molecule has 7 heteroatoms. The zero-order valence-corrected chi connectivity index (χ0v) is 13.8. The summed E-state index contributed by atoms with van der Waals surface area (Å²) in [5.41, 5.74) is 7.29. The zero-order chi connectivity index (χ0) is 14.7. The van der Waals surface area contributed by atoms with Gasteiger partial charge in [0.05, 0.1) is 10.9 Å². The highest BCUT2D eigenvalue weighted by atomic mass is 79.9. The van der Waals surface area contributed by atoms with E-state index in [-0.39, 0.29) is 5.84 Å². The number of nitrogens with two attached hydrogens (primary N) is 1. The molecule has 20 heavy (non-hydrogen) atoms. The minimum atomic E-state index is 0.0809.